The van der Waals surface area contributed by atoms with Gasteiger partial charge in [0.1, 0.15) is 0 Å². The lowest BCUT2D eigenvalue weighted by atomic mass is 10.0. The van der Waals surface area contributed by atoms with Crippen LogP contribution in [0, 0.1) is 11.8 Å². The minimum absolute atomic E-state index is 0.0577. The lowest BCUT2D eigenvalue weighted by molar-refractivity contribution is -0.114. The Kier molecular flexibility index (Phi) is 3.32. The van der Waals surface area contributed by atoms with E-state index in [4.69, 9.17) is 0 Å². The number of likely N-dealkylation sites (tertiary alicyclic amines) is 1. The number of anilines is 1. The molecule has 2 fully saturated rings. The molecule has 1 aromatic heterocycles. The molecule has 0 saturated carbocycles. The highest BCUT2D eigenvalue weighted by atomic mass is 32.1. The van der Waals surface area contributed by atoms with Gasteiger partial charge in [0, 0.05) is 31.9 Å². The van der Waals surface area contributed by atoms with E-state index in [-0.39, 0.29) is 5.91 Å². The summed E-state index contributed by atoms with van der Waals surface area (Å²) in [5, 5.41) is 8.92. The van der Waals surface area contributed by atoms with Gasteiger partial charge in [0.15, 0.2) is 5.13 Å². The molecule has 0 spiro atoms. The van der Waals surface area contributed by atoms with Crippen LogP contribution >= 0.6 is 11.3 Å². The Labute approximate surface area is 111 Å². The standard InChI is InChI=1S/C12H18N4OS/c1-8(17)14-12-15-11(7-18-12)6-16-4-9-2-13-3-10(9)5-16/h7,9-10,13H,2-6H2,1H3,(H,14,15,17). The van der Waals surface area contributed by atoms with Crippen molar-refractivity contribution in [3.05, 3.63) is 11.1 Å². The highest BCUT2D eigenvalue weighted by molar-refractivity contribution is 7.13. The molecular weight excluding hydrogens is 248 g/mol. The predicted molar refractivity (Wildman–Crippen MR) is 71.5 cm³/mol. The number of carbonyl (C=O) groups excluding carboxylic acids is 1. The van der Waals surface area contributed by atoms with Gasteiger partial charge in [0.2, 0.25) is 5.91 Å². The van der Waals surface area contributed by atoms with Gasteiger partial charge in [-0.05, 0) is 24.9 Å². The molecule has 2 N–H and O–H groups in total. The summed E-state index contributed by atoms with van der Waals surface area (Å²) in [6, 6.07) is 0. The minimum atomic E-state index is -0.0577. The van der Waals surface area contributed by atoms with Crippen molar-refractivity contribution in [2.24, 2.45) is 11.8 Å². The average Bonchev–Trinajstić information content (AvgIpc) is 2.93. The van der Waals surface area contributed by atoms with E-state index in [1.165, 1.54) is 31.4 Å². The zero-order valence-electron chi connectivity index (χ0n) is 10.5. The first-order valence-corrected chi connectivity index (χ1v) is 7.24. The highest BCUT2D eigenvalue weighted by Gasteiger charge is 2.35. The van der Waals surface area contributed by atoms with Crippen molar-refractivity contribution < 1.29 is 4.79 Å². The summed E-state index contributed by atoms with van der Waals surface area (Å²) in [5.41, 5.74) is 1.07. The maximum absolute atomic E-state index is 10.9. The lowest BCUT2D eigenvalue weighted by Gasteiger charge is -2.14. The minimum Gasteiger partial charge on any atom is -0.316 e. The number of fused-ring (bicyclic) bond motifs is 1. The van der Waals surface area contributed by atoms with E-state index in [1.807, 2.05) is 5.38 Å². The van der Waals surface area contributed by atoms with Gasteiger partial charge in [-0.25, -0.2) is 4.98 Å². The summed E-state index contributed by atoms with van der Waals surface area (Å²) >= 11 is 1.50. The number of carbonyl (C=O) groups is 1. The Bertz CT molecular complexity index is 435. The van der Waals surface area contributed by atoms with Crippen molar-refractivity contribution >= 4 is 22.4 Å². The van der Waals surface area contributed by atoms with E-state index in [2.05, 4.69) is 20.5 Å². The van der Waals surface area contributed by atoms with E-state index >= 15 is 0 Å². The maximum Gasteiger partial charge on any atom is 0.223 e. The van der Waals surface area contributed by atoms with Crippen LogP contribution in [0.25, 0.3) is 0 Å². The van der Waals surface area contributed by atoms with E-state index < -0.39 is 0 Å². The van der Waals surface area contributed by atoms with E-state index in [0.29, 0.717) is 5.13 Å². The van der Waals surface area contributed by atoms with E-state index in [0.717, 1.165) is 37.2 Å². The van der Waals surface area contributed by atoms with Crippen molar-refractivity contribution in [2.45, 2.75) is 13.5 Å². The Morgan fingerprint density at radius 2 is 2.28 bits per heavy atom. The van der Waals surface area contributed by atoms with Crippen molar-refractivity contribution in [1.82, 2.24) is 15.2 Å². The molecule has 18 heavy (non-hydrogen) atoms. The molecule has 98 valence electrons. The number of aromatic nitrogens is 1. The second kappa shape index (κ2) is 4.95. The summed E-state index contributed by atoms with van der Waals surface area (Å²) in [6.45, 7) is 7.08. The molecule has 0 bridgehead atoms. The smallest absolute Gasteiger partial charge is 0.223 e. The van der Waals surface area contributed by atoms with Gasteiger partial charge in [-0.3, -0.25) is 9.69 Å². The fraction of sp³-hybridized carbons (Fsp3) is 0.667. The van der Waals surface area contributed by atoms with Crippen LogP contribution < -0.4 is 10.6 Å². The highest BCUT2D eigenvalue weighted by Crippen LogP contribution is 2.28. The Morgan fingerprint density at radius 3 is 2.94 bits per heavy atom. The van der Waals surface area contributed by atoms with Crippen LogP contribution in [0.15, 0.2) is 5.38 Å². The molecule has 3 rings (SSSR count). The number of hydrogen-bond acceptors (Lipinski definition) is 5. The van der Waals surface area contributed by atoms with Gasteiger partial charge in [0.05, 0.1) is 5.69 Å². The van der Waals surface area contributed by atoms with Gasteiger partial charge < -0.3 is 10.6 Å². The zero-order valence-corrected chi connectivity index (χ0v) is 11.3. The summed E-state index contributed by atoms with van der Waals surface area (Å²) in [6.07, 6.45) is 0. The van der Waals surface area contributed by atoms with Crippen LogP contribution in [0.1, 0.15) is 12.6 Å². The quantitative estimate of drug-likeness (QED) is 0.848. The average molecular weight is 266 g/mol. The van der Waals surface area contributed by atoms with Gasteiger partial charge in [-0.2, -0.15) is 0 Å². The van der Waals surface area contributed by atoms with Gasteiger partial charge >= 0.3 is 0 Å². The van der Waals surface area contributed by atoms with E-state index in [9.17, 15) is 4.79 Å². The molecule has 3 heterocycles. The Morgan fingerprint density at radius 1 is 1.56 bits per heavy atom. The van der Waals surface area contributed by atoms with Gasteiger partial charge in [-0.1, -0.05) is 0 Å². The van der Waals surface area contributed by atoms with Crippen molar-refractivity contribution in [3.63, 3.8) is 0 Å². The SMILES string of the molecule is CC(=O)Nc1nc(CN2CC3CNCC3C2)cs1. The molecule has 5 nitrogen and oxygen atoms in total. The number of hydrogen-bond donors (Lipinski definition) is 2. The van der Waals surface area contributed by atoms with E-state index in [1.54, 1.807) is 0 Å². The van der Waals surface area contributed by atoms with Crippen LogP contribution in [0.2, 0.25) is 0 Å². The number of nitrogens with one attached hydrogen (secondary N) is 2. The molecule has 2 saturated heterocycles. The summed E-state index contributed by atoms with van der Waals surface area (Å²) in [4.78, 5) is 17.8. The lowest BCUT2D eigenvalue weighted by Crippen LogP contribution is -2.25. The third-order valence-electron chi connectivity index (χ3n) is 3.69. The fourth-order valence-corrected chi connectivity index (χ4v) is 3.65. The van der Waals surface area contributed by atoms with Crippen LogP contribution in [0.3, 0.4) is 0 Å². The molecule has 6 heteroatoms. The predicted octanol–water partition coefficient (Wildman–Crippen LogP) is 0.753. The van der Waals surface area contributed by atoms with Crippen molar-refractivity contribution in [1.29, 1.82) is 0 Å². The molecule has 0 aromatic carbocycles. The van der Waals surface area contributed by atoms with Crippen molar-refractivity contribution in [2.75, 3.05) is 31.5 Å². The molecule has 1 amide bonds. The number of thiazole rings is 1. The summed E-state index contributed by atoms with van der Waals surface area (Å²) in [7, 11) is 0. The number of amides is 1. The molecule has 2 aliphatic rings. The van der Waals surface area contributed by atoms with Crippen LogP contribution in [-0.4, -0.2) is 42.0 Å². The molecule has 2 aliphatic heterocycles. The molecular formula is C12H18N4OS. The summed E-state index contributed by atoms with van der Waals surface area (Å²) < 4.78 is 0. The Balaban J connectivity index is 1.57. The first kappa shape index (κ1) is 12.1. The topological polar surface area (TPSA) is 57.3 Å². The second-order valence-corrected chi connectivity index (χ2v) is 6.06. The molecule has 1 aromatic rings. The number of nitrogens with zero attached hydrogens (tertiary/aromatic N) is 2. The zero-order chi connectivity index (χ0) is 12.5. The second-order valence-electron chi connectivity index (χ2n) is 5.20. The molecule has 0 radical (unpaired) electrons. The Hall–Kier alpha value is -0.980. The maximum atomic E-state index is 10.9. The fourth-order valence-electron chi connectivity index (χ4n) is 2.90. The van der Waals surface area contributed by atoms with Crippen LogP contribution in [-0.2, 0) is 11.3 Å². The van der Waals surface area contributed by atoms with Crippen LogP contribution in [0.5, 0.6) is 0 Å². The largest absolute Gasteiger partial charge is 0.316 e. The third kappa shape index (κ3) is 2.55. The van der Waals surface area contributed by atoms with Crippen LogP contribution in [0.4, 0.5) is 5.13 Å². The summed E-state index contributed by atoms with van der Waals surface area (Å²) in [5.74, 6) is 1.58. The van der Waals surface area contributed by atoms with Gasteiger partial charge in [0.25, 0.3) is 0 Å². The van der Waals surface area contributed by atoms with Crippen molar-refractivity contribution in [3.8, 4) is 0 Å². The first-order chi connectivity index (χ1) is 8.70. The number of rotatable bonds is 3. The molecule has 0 aliphatic carbocycles. The van der Waals surface area contributed by atoms with Gasteiger partial charge in [-0.15, -0.1) is 11.3 Å². The molecule has 2 unspecified atom stereocenters. The monoisotopic (exact) mass is 266 g/mol. The first-order valence-electron chi connectivity index (χ1n) is 6.36. The molecule has 2 atom stereocenters. The third-order valence-corrected chi connectivity index (χ3v) is 4.49. The normalized spacial score (nSPS) is 27.4.